The number of halogens is 1. The summed E-state index contributed by atoms with van der Waals surface area (Å²) in [7, 11) is 0. The minimum absolute atomic E-state index is 0. The summed E-state index contributed by atoms with van der Waals surface area (Å²) in [4.78, 5) is 18.6. The number of hydrogen-bond donors (Lipinski definition) is 2. The molecule has 7 heteroatoms. The SMILES string of the molecule is CCNC(=NCc1ccccc1OCC)NCC(=O)N1CCCC1.I. The quantitative estimate of drug-likeness (QED) is 0.373. The smallest absolute Gasteiger partial charge is 0.241 e. The van der Waals surface area contributed by atoms with Gasteiger partial charge < -0.3 is 20.3 Å². The van der Waals surface area contributed by atoms with Gasteiger partial charge in [-0.15, -0.1) is 24.0 Å². The highest BCUT2D eigenvalue weighted by molar-refractivity contribution is 14.0. The first-order valence-electron chi connectivity index (χ1n) is 8.75. The summed E-state index contributed by atoms with van der Waals surface area (Å²) in [6.07, 6.45) is 2.21. The van der Waals surface area contributed by atoms with Gasteiger partial charge in [-0.05, 0) is 32.8 Å². The molecular weight excluding hydrogens is 431 g/mol. The highest BCUT2D eigenvalue weighted by atomic mass is 127. The minimum atomic E-state index is 0. The number of nitrogens with zero attached hydrogens (tertiary/aromatic N) is 2. The number of amides is 1. The zero-order chi connectivity index (χ0) is 17.2. The van der Waals surface area contributed by atoms with Crippen molar-refractivity contribution in [2.45, 2.75) is 33.2 Å². The van der Waals surface area contributed by atoms with Gasteiger partial charge >= 0.3 is 0 Å². The monoisotopic (exact) mass is 460 g/mol. The molecule has 6 nitrogen and oxygen atoms in total. The van der Waals surface area contributed by atoms with Crippen LogP contribution in [0.1, 0.15) is 32.3 Å². The average molecular weight is 460 g/mol. The molecule has 25 heavy (non-hydrogen) atoms. The van der Waals surface area contributed by atoms with E-state index in [0.29, 0.717) is 19.1 Å². The van der Waals surface area contributed by atoms with Crippen molar-refractivity contribution in [2.75, 3.05) is 32.8 Å². The van der Waals surface area contributed by atoms with Crippen LogP contribution in [0, 0.1) is 0 Å². The maximum atomic E-state index is 12.1. The van der Waals surface area contributed by atoms with Gasteiger partial charge in [-0.1, -0.05) is 18.2 Å². The van der Waals surface area contributed by atoms with Crippen LogP contribution < -0.4 is 15.4 Å². The molecule has 0 unspecified atom stereocenters. The fourth-order valence-corrected chi connectivity index (χ4v) is 2.67. The van der Waals surface area contributed by atoms with E-state index in [0.717, 1.165) is 43.8 Å². The van der Waals surface area contributed by atoms with Gasteiger partial charge in [-0.25, -0.2) is 4.99 Å². The fraction of sp³-hybridized carbons (Fsp3) is 0.556. The summed E-state index contributed by atoms with van der Waals surface area (Å²) >= 11 is 0. The number of carbonyl (C=O) groups excluding carboxylic acids is 1. The first-order chi connectivity index (χ1) is 11.7. The van der Waals surface area contributed by atoms with Gasteiger partial charge in [0.25, 0.3) is 0 Å². The Bertz CT molecular complexity index is 560. The third kappa shape index (κ3) is 7.09. The van der Waals surface area contributed by atoms with Gasteiger partial charge in [0.1, 0.15) is 5.75 Å². The molecule has 0 aromatic heterocycles. The van der Waals surface area contributed by atoms with E-state index in [1.165, 1.54) is 0 Å². The summed E-state index contributed by atoms with van der Waals surface area (Å²) in [5.41, 5.74) is 1.03. The van der Waals surface area contributed by atoms with Crippen molar-refractivity contribution < 1.29 is 9.53 Å². The Morgan fingerprint density at radius 1 is 1.20 bits per heavy atom. The van der Waals surface area contributed by atoms with Gasteiger partial charge in [0.05, 0.1) is 19.7 Å². The fourth-order valence-electron chi connectivity index (χ4n) is 2.67. The van der Waals surface area contributed by atoms with Crippen LogP contribution in [0.2, 0.25) is 0 Å². The minimum Gasteiger partial charge on any atom is -0.494 e. The zero-order valence-electron chi connectivity index (χ0n) is 15.1. The molecule has 1 aromatic rings. The molecular formula is C18H29IN4O2. The molecule has 1 saturated heterocycles. The molecule has 0 radical (unpaired) electrons. The number of nitrogens with one attached hydrogen (secondary N) is 2. The summed E-state index contributed by atoms with van der Waals surface area (Å²) in [6, 6.07) is 7.89. The van der Waals surface area contributed by atoms with Gasteiger partial charge in [-0.2, -0.15) is 0 Å². The Morgan fingerprint density at radius 2 is 1.92 bits per heavy atom. The van der Waals surface area contributed by atoms with Crippen LogP contribution in [0.25, 0.3) is 0 Å². The number of rotatable bonds is 7. The average Bonchev–Trinajstić information content (AvgIpc) is 3.13. The highest BCUT2D eigenvalue weighted by Crippen LogP contribution is 2.18. The number of hydrogen-bond acceptors (Lipinski definition) is 3. The number of aliphatic imine (C=N–C) groups is 1. The first-order valence-corrected chi connectivity index (χ1v) is 8.75. The van der Waals surface area contributed by atoms with Crippen molar-refractivity contribution in [2.24, 2.45) is 4.99 Å². The first kappa shape index (κ1) is 21.5. The molecule has 140 valence electrons. The second-order valence-corrected chi connectivity index (χ2v) is 5.68. The number of likely N-dealkylation sites (tertiary alicyclic amines) is 1. The van der Waals surface area contributed by atoms with Crippen LogP contribution in [-0.4, -0.2) is 49.6 Å². The Labute approximate surface area is 167 Å². The van der Waals surface area contributed by atoms with Gasteiger partial charge in [-0.3, -0.25) is 4.79 Å². The Kier molecular flexibility index (Phi) is 10.3. The molecule has 0 bridgehead atoms. The maximum absolute atomic E-state index is 12.1. The van der Waals surface area contributed by atoms with Gasteiger partial charge in [0.15, 0.2) is 5.96 Å². The number of ether oxygens (including phenoxy) is 1. The second kappa shape index (κ2) is 11.9. The maximum Gasteiger partial charge on any atom is 0.241 e. The second-order valence-electron chi connectivity index (χ2n) is 5.68. The molecule has 1 fully saturated rings. The lowest BCUT2D eigenvalue weighted by molar-refractivity contribution is -0.128. The van der Waals surface area contributed by atoms with Crippen LogP contribution in [-0.2, 0) is 11.3 Å². The topological polar surface area (TPSA) is 66.0 Å². The van der Waals surface area contributed by atoms with Crippen molar-refractivity contribution in [1.29, 1.82) is 0 Å². The summed E-state index contributed by atoms with van der Waals surface area (Å²) < 4.78 is 5.62. The lowest BCUT2D eigenvalue weighted by atomic mass is 10.2. The molecule has 0 aliphatic carbocycles. The lowest BCUT2D eigenvalue weighted by Crippen LogP contribution is -2.44. The number of benzene rings is 1. The predicted octanol–water partition coefficient (Wildman–Crippen LogP) is 2.38. The standard InChI is InChI=1S/C18H28N4O2.HI/c1-3-19-18(21-14-17(23)22-11-7-8-12-22)20-13-15-9-5-6-10-16(15)24-4-2;/h5-6,9-10H,3-4,7-8,11-14H2,1-2H3,(H2,19,20,21);1H. The molecule has 0 spiro atoms. The predicted molar refractivity (Wildman–Crippen MR) is 112 cm³/mol. The van der Waals surface area contributed by atoms with Gasteiger partial charge in [0.2, 0.25) is 5.91 Å². The van der Waals surface area contributed by atoms with Crippen molar-refractivity contribution in [1.82, 2.24) is 15.5 Å². The molecule has 1 aliphatic heterocycles. The van der Waals surface area contributed by atoms with Crippen LogP contribution in [0.5, 0.6) is 5.75 Å². The molecule has 1 heterocycles. The molecule has 2 N–H and O–H groups in total. The lowest BCUT2D eigenvalue weighted by Gasteiger charge is -2.17. The largest absolute Gasteiger partial charge is 0.494 e. The normalized spacial score (nSPS) is 14.0. The van der Waals surface area contributed by atoms with Crippen LogP contribution in [0.3, 0.4) is 0 Å². The van der Waals surface area contributed by atoms with E-state index in [-0.39, 0.29) is 36.4 Å². The van der Waals surface area contributed by atoms with E-state index in [1.54, 1.807) is 0 Å². The highest BCUT2D eigenvalue weighted by Gasteiger charge is 2.17. The van der Waals surface area contributed by atoms with E-state index < -0.39 is 0 Å². The van der Waals surface area contributed by atoms with Crippen molar-refractivity contribution >= 4 is 35.8 Å². The number of carbonyl (C=O) groups is 1. The Hall–Kier alpha value is -1.51. The molecule has 1 amide bonds. The van der Waals surface area contributed by atoms with Crippen molar-refractivity contribution in [3.05, 3.63) is 29.8 Å². The molecule has 1 aliphatic rings. The summed E-state index contributed by atoms with van der Waals surface area (Å²) in [6.45, 7) is 7.87. The third-order valence-electron chi connectivity index (χ3n) is 3.89. The molecule has 1 aromatic carbocycles. The van der Waals surface area contributed by atoms with Crippen LogP contribution in [0.15, 0.2) is 29.3 Å². The molecule has 0 atom stereocenters. The van der Waals surface area contributed by atoms with Crippen LogP contribution in [0.4, 0.5) is 0 Å². The van der Waals surface area contributed by atoms with Crippen molar-refractivity contribution in [3.63, 3.8) is 0 Å². The van der Waals surface area contributed by atoms with E-state index in [4.69, 9.17) is 4.74 Å². The van der Waals surface area contributed by atoms with Crippen molar-refractivity contribution in [3.8, 4) is 5.75 Å². The van der Waals surface area contributed by atoms with Gasteiger partial charge in [0, 0.05) is 25.2 Å². The molecule has 0 saturated carbocycles. The summed E-state index contributed by atoms with van der Waals surface area (Å²) in [5, 5.41) is 6.30. The van der Waals surface area contributed by atoms with E-state index in [2.05, 4.69) is 15.6 Å². The Morgan fingerprint density at radius 3 is 2.60 bits per heavy atom. The molecule has 2 rings (SSSR count). The zero-order valence-corrected chi connectivity index (χ0v) is 17.4. The third-order valence-corrected chi connectivity index (χ3v) is 3.89. The number of para-hydroxylation sites is 1. The van der Waals surface area contributed by atoms with E-state index in [1.807, 2.05) is 43.0 Å². The summed E-state index contributed by atoms with van der Waals surface area (Å²) in [5.74, 6) is 1.64. The number of guanidine groups is 1. The van der Waals surface area contributed by atoms with E-state index >= 15 is 0 Å². The Balaban J connectivity index is 0.00000312. The van der Waals surface area contributed by atoms with Crippen LogP contribution >= 0.6 is 24.0 Å². The van der Waals surface area contributed by atoms with E-state index in [9.17, 15) is 4.79 Å².